The minimum Gasteiger partial charge on any atom is -0.360 e. The summed E-state index contributed by atoms with van der Waals surface area (Å²) in [6, 6.07) is 3.93. The van der Waals surface area contributed by atoms with E-state index in [4.69, 9.17) is 5.26 Å². The number of nitro groups is 2. The maximum absolute atomic E-state index is 11.2. The number of benzene rings is 1. The molecule has 1 aliphatic rings. The summed E-state index contributed by atoms with van der Waals surface area (Å²) in [4.78, 5) is 22.8. The topological polar surface area (TPSA) is 113 Å². The van der Waals surface area contributed by atoms with E-state index in [1.165, 1.54) is 0 Å². The molecular weight excluding hydrogens is 276 g/mol. The molecule has 8 nitrogen and oxygen atoms in total. The maximum Gasteiger partial charge on any atom is 0.300 e. The van der Waals surface area contributed by atoms with Crippen molar-refractivity contribution in [2.45, 2.75) is 19.8 Å². The number of piperidine rings is 1. The van der Waals surface area contributed by atoms with Crippen LogP contribution in [0.15, 0.2) is 12.1 Å². The van der Waals surface area contributed by atoms with Gasteiger partial charge in [-0.2, -0.15) is 5.26 Å². The van der Waals surface area contributed by atoms with Gasteiger partial charge in [-0.25, -0.2) is 0 Å². The third-order valence-electron chi connectivity index (χ3n) is 3.57. The number of anilines is 1. The molecule has 1 aromatic carbocycles. The van der Waals surface area contributed by atoms with Crippen LogP contribution in [0.1, 0.15) is 25.3 Å². The summed E-state index contributed by atoms with van der Waals surface area (Å²) in [5.74, 6) is 0.314. The van der Waals surface area contributed by atoms with Crippen LogP contribution in [0.2, 0.25) is 0 Å². The van der Waals surface area contributed by atoms with E-state index in [1.54, 1.807) is 11.0 Å². The van der Waals surface area contributed by atoms with Crippen LogP contribution >= 0.6 is 0 Å². The Bertz CT molecular complexity index is 603. The van der Waals surface area contributed by atoms with Gasteiger partial charge in [0.2, 0.25) is 0 Å². The van der Waals surface area contributed by atoms with Gasteiger partial charge in [-0.3, -0.25) is 20.2 Å². The molecule has 1 fully saturated rings. The Morgan fingerprint density at radius 1 is 1.29 bits per heavy atom. The normalized spacial score (nSPS) is 18.1. The predicted octanol–water partition coefficient (Wildman–Crippen LogP) is 2.61. The van der Waals surface area contributed by atoms with Crippen molar-refractivity contribution >= 4 is 17.1 Å². The Morgan fingerprint density at radius 2 is 1.86 bits per heavy atom. The fourth-order valence-corrected chi connectivity index (χ4v) is 2.66. The fraction of sp³-hybridized carbons (Fsp3) is 0.462. The molecule has 21 heavy (non-hydrogen) atoms. The van der Waals surface area contributed by atoms with Crippen molar-refractivity contribution in [1.29, 1.82) is 5.26 Å². The first-order valence-electron chi connectivity index (χ1n) is 6.56. The predicted molar refractivity (Wildman–Crippen MR) is 75.1 cm³/mol. The molecule has 0 N–H and O–H groups in total. The summed E-state index contributed by atoms with van der Waals surface area (Å²) < 4.78 is 0. The highest BCUT2D eigenvalue weighted by molar-refractivity contribution is 5.77. The van der Waals surface area contributed by atoms with Crippen LogP contribution in [0.5, 0.6) is 0 Å². The average molecular weight is 290 g/mol. The van der Waals surface area contributed by atoms with Crippen LogP contribution < -0.4 is 4.90 Å². The van der Waals surface area contributed by atoms with E-state index in [0.717, 1.165) is 25.0 Å². The molecule has 1 aromatic rings. The quantitative estimate of drug-likeness (QED) is 0.624. The molecule has 0 spiro atoms. The summed E-state index contributed by atoms with van der Waals surface area (Å²) in [5, 5.41) is 31.4. The monoisotopic (exact) mass is 290 g/mol. The Kier molecular flexibility index (Phi) is 4.03. The van der Waals surface area contributed by atoms with Gasteiger partial charge < -0.3 is 4.90 Å². The molecule has 0 amide bonds. The summed E-state index contributed by atoms with van der Waals surface area (Å²) >= 11 is 0. The minimum atomic E-state index is -0.664. The van der Waals surface area contributed by atoms with Crippen LogP contribution in [-0.4, -0.2) is 22.9 Å². The van der Waals surface area contributed by atoms with Crippen molar-refractivity contribution in [2.75, 3.05) is 18.0 Å². The Hall–Kier alpha value is -2.69. The van der Waals surface area contributed by atoms with Crippen LogP contribution in [0, 0.1) is 37.5 Å². The van der Waals surface area contributed by atoms with Crippen molar-refractivity contribution in [1.82, 2.24) is 0 Å². The summed E-state index contributed by atoms with van der Waals surface area (Å²) in [5.41, 5.74) is -0.831. The number of rotatable bonds is 3. The van der Waals surface area contributed by atoms with E-state index >= 15 is 0 Å². The van der Waals surface area contributed by atoms with Crippen molar-refractivity contribution in [3.8, 4) is 6.07 Å². The Balaban J connectivity index is 2.63. The molecular formula is C13H14N4O4. The van der Waals surface area contributed by atoms with Crippen LogP contribution in [0.3, 0.4) is 0 Å². The number of nitriles is 1. The zero-order valence-electron chi connectivity index (χ0n) is 11.5. The summed E-state index contributed by atoms with van der Waals surface area (Å²) in [7, 11) is 0. The lowest BCUT2D eigenvalue weighted by Crippen LogP contribution is -2.35. The van der Waals surface area contributed by atoms with E-state index in [9.17, 15) is 20.2 Å². The van der Waals surface area contributed by atoms with E-state index in [-0.39, 0.29) is 22.6 Å². The standard InChI is InChI=1S/C13H14N4O4/c1-9-3-2-4-15(8-9)13-11(16(18)19)5-10(7-14)6-12(13)17(20)21/h5-6,9H,2-4,8H2,1H3. The molecule has 1 unspecified atom stereocenters. The molecule has 0 aliphatic carbocycles. The second-order valence-corrected chi connectivity index (χ2v) is 5.18. The van der Waals surface area contributed by atoms with Gasteiger partial charge in [0, 0.05) is 25.2 Å². The molecule has 1 saturated heterocycles. The van der Waals surface area contributed by atoms with E-state index in [2.05, 4.69) is 0 Å². The smallest absolute Gasteiger partial charge is 0.300 e. The highest BCUT2D eigenvalue weighted by atomic mass is 16.6. The third-order valence-corrected chi connectivity index (χ3v) is 3.57. The van der Waals surface area contributed by atoms with Gasteiger partial charge >= 0.3 is 11.4 Å². The maximum atomic E-state index is 11.2. The van der Waals surface area contributed by atoms with E-state index in [1.807, 2.05) is 6.92 Å². The molecule has 8 heteroatoms. The molecule has 2 rings (SSSR count). The minimum absolute atomic E-state index is 0.00977. The largest absolute Gasteiger partial charge is 0.360 e. The van der Waals surface area contributed by atoms with Crippen molar-refractivity contribution in [3.05, 3.63) is 37.9 Å². The first-order chi connectivity index (χ1) is 9.93. The highest BCUT2D eigenvalue weighted by Gasteiger charge is 2.32. The van der Waals surface area contributed by atoms with Gasteiger partial charge in [-0.1, -0.05) is 6.92 Å². The molecule has 0 aromatic heterocycles. The first kappa shape index (κ1) is 14.7. The second-order valence-electron chi connectivity index (χ2n) is 5.18. The van der Waals surface area contributed by atoms with Gasteiger partial charge in [-0.15, -0.1) is 0 Å². The van der Waals surface area contributed by atoms with Gasteiger partial charge in [0.05, 0.1) is 21.5 Å². The van der Waals surface area contributed by atoms with Crippen LogP contribution in [0.25, 0.3) is 0 Å². The van der Waals surface area contributed by atoms with Gasteiger partial charge in [0.1, 0.15) is 0 Å². The second kappa shape index (κ2) is 5.75. The SMILES string of the molecule is CC1CCCN(c2c([N+](=O)[O-])cc(C#N)cc2[N+](=O)[O-])C1. The third kappa shape index (κ3) is 2.91. The molecule has 0 saturated carbocycles. The lowest BCUT2D eigenvalue weighted by molar-refractivity contribution is -0.392. The van der Waals surface area contributed by atoms with Crippen molar-refractivity contribution < 1.29 is 9.85 Å². The van der Waals surface area contributed by atoms with E-state index < -0.39 is 9.85 Å². The van der Waals surface area contributed by atoms with Gasteiger partial charge in [0.25, 0.3) is 0 Å². The zero-order valence-corrected chi connectivity index (χ0v) is 11.5. The molecule has 1 heterocycles. The molecule has 1 atom stereocenters. The Labute approximate surface area is 120 Å². The van der Waals surface area contributed by atoms with Gasteiger partial charge in [0.15, 0.2) is 5.69 Å². The number of hydrogen-bond acceptors (Lipinski definition) is 6. The zero-order chi connectivity index (χ0) is 15.6. The van der Waals surface area contributed by atoms with Crippen LogP contribution in [-0.2, 0) is 0 Å². The number of hydrogen-bond donors (Lipinski definition) is 0. The molecule has 1 aliphatic heterocycles. The van der Waals surface area contributed by atoms with E-state index in [0.29, 0.717) is 19.0 Å². The molecule has 110 valence electrons. The van der Waals surface area contributed by atoms with Gasteiger partial charge in [-0.05, 0) is 18.8 Å². The number of nitro benzene ring substituents is 2. The summed E-state index contributed by atoms with van der Waals surface area (Å²) in [6.45, 7) is 3.08. The Morgan fingerprint density at radius 3 is 2.29 bits per heavy atom. The molecule has 0 bridgehead atoms. The highest BCUT2D eigenvalue weighted by Crippen LogP contribution is 2.40. The fourth-order valence-electron chi connectivity index (χ4n) is 2.66. The lowest BCUT2D eigenvalue weighted by Gasteiger charge is -2.31. The number of nitrogens with zero attached hydrogens (tertiary/aromatic N) is 4. The molecule has 0 radical (unpaired) electrons. The average Bonchev–Trinajstić information content (AvgIpc) is 2.45. The van der Waals surface area contributed by atoms with Crippen LogP contribution in [0.4, 0.5) is 17.1 Å². The lowest BCUT2D eigenvalue weighted by atomic mass is 9.99. The van der Waals surface area contributed by atoms with Crippen molar-refractivity contribution in [3.63, 3.8) is 0 Å². The summed E-state index contributed by atoms with van der Waals surface area (Å²) in [6.07, 6.45) is 1.82. The first-order valence-corrected chi connectivity index (χ1v) is 6.56. The van der Waals surface area contributed by atoms with Crippen molar-refractivity contribution in [2.24, 2.45) is 5.92 Å².